The Labute approximate surface area is 154 Å². The van der Waals surface area contributed by atoms with Crippen molar-refractivity contribution in [1.82, 2.24) is 0 Å². The standard InChI is InChI=1S/C19H17NO5S/c1-23-16-8-12(6-7-15(16)24-10-18(20)21)19(22)25-9-13-11-26-17-5-3-2-4-14(13)17/h2-8,11H,9-10H2,1H3,(H2,20,21). The average Bonchev–Trinajstić information content (AvgIpc) is 3.07. The summed E-state index contributed by atoms with van der Waals surface area (Å²) in [5.41, 5.74) is 6.35. The number of benzene rings is 2. The van der Waals surface area contributed by atoms with Gasteiger partial charge < -0.3 is 19.9 Å². The highest BCUT2D eigenvalue weighted by Gasteiger charge is 2.14. The molecule has 2 N–H and O–H groups in total. The van der Waals surface area contributed by atoms with Crippen molar-refractivity contribution in [3.63, 3.8) is 0 Å². The number of nitrogens with two attached hydrogens (primary N) is 1. The van der Waals surface area contributed by atoms with E-state index in [4.69, 9.17) is 19.9 Å². The summed E-state index contributed by atoms with van der Waals surface area (Å²) < 4.78 is 17.0. The number of primary amides is 1. The first-order chi connectivity index (χ1) is 12.6. The fourth-order valence-corrected chi connectivity index (χ4v) is 3.38. The predicted molar refractivity (Wildman–Crippen MR) is 98.6 cm³/mol. The number of hydrogen-bond acceptors (Lipinski definition) is 6. The van der Waals surface area contributed by atoms with E-state index in [1.54, 1.807) is 23.5 Å². The lowest BCUT2D eigenvalue weighted by Gasteiger charge is -2.11. The van der Waals surface area contributed by atoms with Gasteiger partial charge in [-0.25, -0.2) is 4.79 Å². The summed E-state index contributed by atoms with van der Waals surface area (Å²) in [4.78, 5) is 23.2. The van der Waals surface area contributed by atoms with E-state index in [-0.39, 0.29) is 13.2 Å². The molecule has 2 aromatic carbocycles. The number of hydrogen-bond donors (Lipinski definition) is 1. The van der Waals surface area contributed by atoms with Gasteiger partial charge in [0.15, 0.2) is 18.1 Å². The van der Waals surface area contributed by atoms with Crippen LogP contribution >= 0.6 is 11.3 Å². The van der Waals surface area contributed by atoms with E-state index in [1.807, 2.05) is 29.6 Å². The van der Waals surface area contributed by atoms with Crippen LogP contribution in [-0.2, 0) is 16.1 Å². The molecule has 0 saturated heterocycles. The summed E-state index contributed by atoms with van der Waals surface area (Å²) in [6.07, 6.45) is 0. The molecule has 3 aromatic rings. The summed E-state index contributed by atoms with van der Waals surface area (Å²) in [6.45, 7) is -0.0868. The van der Waals surface area contributed by atoms with Crippen LogP contribution in [0.1, 0.15) is 15.9 Å². The highest BCUT2D eigenvalue weighted by atomic mass is 32.1. The first kappa shape index (κ1) is 17.8. The van der Waals surface area contributed by atoms with Gasteiger partial charge in [-0.1, -0.05) is 18.2 Å². The normalized spacial score (nSPS) is 10.5. The molecule has 26 heavy (non-hydrogen) atoms. The van der Waals surface area contributed by atoms with Crippen LogP contribution in [0.2, 0.25) is 0 Å². The van der Waals surface area contributed by atoms with Gasteiger partial charge in [0.25, 0.3) is 5.91 Å². The Morgan fingerprint density at radius 3 is 2.69 bits per heavy atom. The molecular formula is C19H17NO5S. The number of rotatable bonds is 7. The summed E-state index contributed by atoms with van der Waals surface area (Å²) in [5, 5.41) is 3.07. The predicted octanol–water partition coefficient (Wildman–Crippen LogP) is 3.13. The molecule has 0 aliphatic heterocycles. The van der Waals surface area contributed by atoms with E-state index in [0.717, 1.165) is 15.6 Å². The van der Waals surface area contributed by atoms with Gasteiger partial charge >= 0.3 is 5.97 Å². The van der Waals surface area contributed by atoms with Crippen LogP contribution in [0.4, 0.5) is 0 Å². The van der Waals surface area contributed by atoms with Crippen molar-refractivity contribution in [3.05, 3.63) is 59.0 Å². The third-order valence-electron chi connectivity index (χ3n) is 3.69. The Morgan fingerprint density at radius 2 is 1.92 bits per heavy atom. The van der Waals surface area contributed by atoms with Crippen molar-refractivity contribution in [1.29, 1.82) is 0 Å². The van der Waals surface area contributed by atoms with Crippen LogP contribution in [0, 0.1) is 0 Å². The number of esters is 1. The second-order valence-corrected chi connectivity index (χ2v) is 6.37. The number of ether oxygens (including phenoxy) is 3. The fourth-order valence-electron chi connectivity index (χ4n) is 2.43. The number of thiophene rings is 1. The van der Waals surface area contributed by atoms with Gasteiger partial charge in [0.1, 0.15) is 6.61 Å². The summed E-state index contributed by atoms with van der Waals surface area (Å²) >= 11 is 1.61. The molecule has 1 amide bonds. The van der Waals surface area contributed by atoms with E-state index in [9.17, 15) is 9.59 Å². The molecule has 0 spiro atoms. The molecule has 1 heterocycles. The van der Waals surface area contributed by atoms with Gasteiger partial charge in [0.05, 0.1) is 12.7 Å². The van der Waals surface area contributed by atoms with Gasteiger partial charge in [0.2, 0.25) is 0 Å². The van der Waals surface area contributed by atoms with Crippen molar-refractivity contribution in [2.75, 3.05) is 13.7 Å². The van der Waals surface area contributed by atoms with Crippen LogP contribution in [0.3, 0.4) is 0 Å². The van der Waals surface area contributed by atoms with Crippen LogP contribution in [-0.4, -0.2) is 25.6 Å². The highest BCUT2D eigenvalue weighted by molar-refractivity contribution is 7.17. The highest BCUT2D eigenvalue weighted by Crippen LogP contribution is 2.29. The maximum absolute atomic E-state index is 12.3. The van der Waals surface area contributed by atoms with E-state index in [1.165, 1.54) is 13.2 Å². The van der Waals surface area contributed by atoms with Crippen molar-refractivity contribution in [3.8, 4) is 11.5 Å². The molecule has 1 aromatic heterocycles. The zero-order valence-corrected chi connectivity index (χ0v) is 14.9. The molecule has 134 valence electrons. The topological polar surface area (TPSA) is 87.8 Å². The second kappa shape index (κ2) is 7.88. The lowest BCUT2D eigenvalue weighted by atomic mass is 10.2. The third-order valence-corrected chi connectivity index (χ3v) is 4.70. The summed E-state index contributed by atoms with van der Waals surface area (Å²) in [5.74, 6) is -0.424. The van der Waals surface area contributed by atoms with Crippen LogP contribution in [0.5, 0.6) is 11.5 Å². The number of carbonyl (C=O) groups is 2. The minimum absolute atomic E-state index is 0.186. The van der Waals surface area contributed by atoms with Crippen molar-refractivity contribution >= 4 is 33.3 Å². The quantitative estimate of drug-likeness (QED) is 0.645. The first-order valence-corrected chi connectivity index (χ1v) is 8.68. The number of amides is 1. The number of carbonyl (C=O) groups excluding carboxylic acids is 2. The van der Waals surface area contributed by atoms with Gasteiger partial charge in [-0.05, 0) is 35.0 Å². The van der Waals surface area contributed by atoms with Gasteiger partial charge in [0, 0.05) is 10.3 Å². The molecule has 0 radical (unpaired) electrons. The first-order valence-electron chi connectivity index (χ1n) is 7.80. The molecule has 7 heteroatoms. The second-order valence-electron chi connectivity index (χ2n) is 5.45. The smallest absolute Gasteiger partial charge is 0.338 e. The Balaban J connectivity index is 1.70. The number of fused-ring (bicyclic) bond motifs is 1. The minimum atomic E-state index is -0.599. The van der Waals surface area contributed by atoms with Crippen molar-refractivity contribution in [2.24, 2.45) is 5.73 Å². The fraction of sp³-hybridized carbons (Fsp3) is 0.158. The molecular weight excluding hydrogens is 354 g/mol. The summed E-state index contributed by atoms with van der Waals surface area (Å²) in [6, 6.07) is 12.6. The minimum Gasteiger partial charge on any atom is -0.493 e. The van der Waals surface area contributed by atoms with E-state index in [0.29, 0.717) is 17.1 Å². The van der Waals surface area contributed by atoms with E-state index < -0.39 is 11.9 Å². The molecule has 0 aliphatic rings. The van der Waals surface area contributed by atoms with Crippen LogP contribution in [0.15, 0.2) is 47.8 Å². The Kier molecular flexibility index (Phi) is 5.38. The molecule has 3 rings (SSSR count). The molecule has 0 aliphatic carbocycles. The zero-order valence-electron chi connectivity index (χ0n) is 14.1. The van der Waals surface area contributed by atoms with Crippen molar-refractivity contribution in [2.45, 2.75) is 6.61 Å². The molecule has 0 bridgehead atoms. The molecule has 0 saturated carbocycles. The monoisotopic (exact) mass is 371 g/mol. The molecule has 6 nitrogen and oxygen atoms in total. The summed E-state index contributed by atoms with van der Waals surface area (Å²) in [7, 11) is 1.44. The largest absolute Gasteiger partial charge is 0.493 e. The number of methoxy groups -OCH3 is 1. The van der Waals surface area contributed by atoms with Gasteiger partial charge in [-0.3, -0.25) is 4.79 Å². The van der Waals surface area contributed by atoms with Crippen LogP contribution < -0.4 is 15.2 Å². The van der Waals surface area contributed by atoms with Gasteiger partial charge in [-0.2, -0.15) is 0 Å². The zero-order chi connectivity index (χ0) is 18.5. The third kappa shape index (κ3) is 3.94. The maximum atomic E-state index is 12.3. The van der Waals surface area contributed by atoms with E-state index in [2.05, 4.69) is 0 Å². The molecule has 0 fully saturated rings. The van der Waals surface area contributed by atoms with Crippen LogP contribution in [0.25, 0.3) is 10.1 Å². The van der Waals surface area contributed by atoms with E-state index >= 15 is 0 Å². The van der Waals surface area contributed by atoms with Gasteiger partial charge in [-0.15, -0.1) is 11.3 Å². The Hall–Kier alpha value is -3.06. The Morgan fingerprint density at radius 1 is 1.12 bits per heavy atom. The van der Waals surface area contributed by atoms with Crippen molar-refractivity contribution < 1.29 is 23.8 Å². The molecule has 0 unspecified atom stereocenters. The average molecular weight is 371 g/mol. The maximum Gasteiger partial charge on any atom is 0.338 e. The lowest BCUT2D eigenvalue weighted by Crippen LogP contribution is -2.20. The molecule has 0 atom stereocenters. The lowest BCUT2D eigenvalue weighted by molar-refractivity contribution is -0.119. The Bertz CT molecular complexity index is 950. The SMILES string of the molecule is COc1cc(C(=O)OCc2csc3ccccc23)ccc1OCC(N)=O.